The lowest BCUT2D eigenvalue weighted by atomic mass is 10.0. The number of esters is 5. The number of carbonyl (C=O) groups is 12. The molecule has 0 heterocycles. The number of benzene rings is 6. The second kappa shape index (κ2) is 66.5. The molecule has 2 N–H and O–H groups in total. The van der Waals surface area contributed by atoms with Crippen LogP contribution in [-0.4, -0.2) is 209 Å². The van der Waals surface area contributed by atoms with Crippen LogP contribution in [0.5, 0.6) is 11.5 Å². The number of unbranched alkanes of at least 4 members (excludes halogenated alkanes) is 9. The highest BCUT2D eigenvalue weighted by Gasteiger charge is 2.23. The van der Waals surface area contributed by atoms with Crippen LogP contribution in [0.2, 0.25) is 0 Å². The van der Waals surface area contributed by atoms with Crippen molar-refractivity contribution in [3.8, 4) is 11.5 Å². The van der Waals surface area contributed by atoms with Crippen LogP contribution >= 0.6 is 67.7 Å². The number of thioether (sulfide) groups is 2. The number of amides is 2. The Bertz CT molecular complexity index is 4480. The third-order valence-corrected chi connectivity index (χ3v) is 24.5. The third-order valence-electron chi connectivity index (χ3n) is 18.0. The fourth-order valence-corrected chi connectivity index (χ4v) is 16.8. The van der Waals surface area contributed by atoms with E-state index in [2.05, 4.69) is 10.6 Å². The first-order chi connectivity index (χ1) is 64.1. The molecule has 0 fully saturated rings. The van der Waals surface area contributed by atoms with E-state index in [0.717, 1.165) is 113 Å². The summed E-state index contributed by atoms with van der Waals surface area (Å²) in [5.74, 6) is -2.27. The number of hydrogen-bond donors (Lipinski definition) is 2. The van der Waals surface area contributed by atoms with Gasteiger partial charge < -0.3 is 61.5 Å². The topological polar surface area (TPSA) is 433 Å². The highest BCUT2D eigenvalue weighted by molar-refractivity contribution is 8.14. The van der Waals surface area contributed by atoms with E-state index in [4.69, 9.17) is 50.8 Å². The molecule has 6 aromatic rings. The minimum Gasteiger partial charge on any atom is -0.462 e. The summed E-state index contributed by atoms with van der Waals surface area (Å²) < 4.78 is 125. The number of aryl methyl sites for hydroxylation is 6. The van der Waals surface area contributed by atoms with Crippen LogP contribution in [0.4, 0.5) is 11.4 Å². The predicted molar refractivity (Wildman–Crippen MR) is 551 cm³/mol. The van der Waals surface area contributed by atoms with Crippen molar-refractivity contribution < 1.29 is 136 Å². The van der Waals surface area contributed by atoms with Gasteiger partial charge in [-0.3, -0.25) is 70.5 Å². The number of Topliss-reactive ketones (excluding diaryl/α,β-unsaturated/α-hetero) is 3. The molecule has 0 aliphatic rings. The fourth-order valence-electron chi connectivity index (χ4n) is 11.7. The molecule has 31 nitrogen and oxygen atoms in total. The summed E-state index contributed by atoms with van der Waals surface area (Å²) in [6.07, 6.45) is 12.1. The molecule has 0 spiro atoms. The van der Waals surface area contributed by atoms with Crippen LogP contribution in [0.1, 0.15) is 253 Å². The standard InChI is InChI=1S/C17H26NO4P.C17H25O5P.C17H25O4PS.C16H24NO5P.C16H23O6P.C16H23O5PS/c1-13-9-10-15(16(12-13)18-14(2)19)17(20)8-6-5-7-11-22-23(3,4)21;1-13-9-10-15(17(12-13)22-14(2)18)16(19)8-6-5-7-11-21-23(3,4)20;1-13-9-10-15(17(12-13)23-14(2)18)16(19)8-6-5-7-11-21-22(3,4)20;1-12-7-8-14(15(11-12)17-13(2)18)16(19)21-9-5-6-10-22-23(3,4)20;1-12-7-8-14(15(11-12)22-13(2)17)16(18)20-9-5-6-10-21-23(3,4)19;1-12-7-8-14(15(11-12)23-13(2)17)16(18)20-9-5-6-10-21-22(3,4)19/h9-10,12H,5-8,11H2,1-4H3,(H,18,19);2*9-10,12H,5-8,11H2,1-4H3;7-8,11H,5-6,9-10H2,1-4H3,(H,17,18);2*7-8,11H,5-6,9-10H2,1-4H3. The summed E-state index contributed by atoms with van der Waals surface area (Å²) in [4.78, 5) is 142. The number of nitrogens with one attached hydrogen (secondary N) is 2. The van der Waals surface area contributed by atoms with Crippen LogP contribution in [0.3, 0.4) is 0 Å². The van der Waals surface area contributed by atoms with Gasteiger partial charge in [0, 0.05) is 162 Å². The molecule has 0 aliphatic heterocycles. The Hall–Kier alpha value is -8.20. The minimum atomic E-state index is -2.46. The highest BCUT2D eigenvalue weighted by atomic mass is 32.2. The van der Waals surface area contributed by atoms with Gasteiger partial charge in [0.2, 0.25) is 11.8 Å². The van der Waals surface area contributed by atoms with Crippen molar-refractivity contribution in [3.05, 3.63) is 176 Å². The number of carbonyl (C=O) groups excluding carboxylic acids is 12. The smallest absolute Gasteiger partial charge is 0.341 e. The van der Waals surface area contributed by atoms with Gasteiger partial charge >= 0.3 is 29.8 Å². The molecule has 0 atom stereocenters. The van der Waals surface area contributed by atoms with Crippen molar-refractivity contribution in [2.24, 2.45) is 0 Å². The summed E-state index contributed by atoms with van der Waals surface area (Å²) in [5.41, 5.74) is 9.32. The Morgan fingerprint density at radius 2 is 0.493 bits per heavy atom. The molecule has 0 bridgehead atoms. The van der Waals surface area contributed by atoms with Crippen molar-refractivity contribution >= 4 is 148 Å². The quantitative estimate of drug-likeness (QED) is 0.00681. The maximum Gasteiger partial charge on any atom is 0.341 e. The number of ether oxygens (including phenoxy) is 5. The third kappa shape index (κ3) is 65.0. The Labute approximate surface area is 825 Å². The molecule has 0 radical (unpaired) electrons. The van der Waals surface area contributed by atoms with Gasteiger partial charge in [-0.25, -0.2) is 14.4 Å². The first-order valence-electron chi connectivity index (χ1n) is 45.3. The molecule has 768 valence electrons. The van der Waals surface area contributed by atoms with Gasteiger partial charge in [0.15, 0.2) is 71.8 Å². The van der Waals surface area contributed by atoms with Crippen molar-refractivity contribution in [3.63, 3.8) is 0 Å². The summed E-state index contributed by atoms with van der Waals surface area (Å²) in [5, 5.41) is 5.24. The second-order valence-corrected chi connectivity index (χ2v) is 53.6. The summed E-state index contributed by atoms with van der Waals surface area (Å²) in [6, 6.07) is 31.6. The molecule has 138 heavy (non-hydrogen) atoms. The van der Waals surface area contributed by atoms with Crippen LogP contribution < -0.4 is 20.1 Å². The predicted octanol–water partition coefficient (Wildman–Crippen LogP) is 24.4. The first-order valence-corrected chi connectivity index (χ1v) is 62.1. The monoisotopic (exact) mass is 2080 g/mol. The Kier molecular flexibility index (Phi) is 61.6. The molecular formula is C99H146N2O29P6S2. The van der Waals surface area contributed by atoms with Crippen molar-refractivity contribution in [1.29, 1.82) is 0 Å². The molecule has 0 aliphatic carbocycles. The lowest BCUT2D eigenvalue weighted by Crippen LogP contribution is -2.13. The molecule has 0 saturated carbocycles. The summed E-state index contributed by atoms with van der Waals surface area (Å²) in [6.45, 7) is 41.9. The molecule has 39 heteroatoms. The maximum absolute atomic E-state index is 12.3. The number of anilines is 2. The van der Waals surface area contributed by atoms with Gasteiger partial charge in [0.05, 0.1) is 87.5 Å². The Morgan fingerprint density at radius 3 is 0.812 bits per heavy atom. The normalized spacial score (nSPS) is 11.3. The molecule has 6 aromatic carbocycles. The molecule has 0 unspecified atom stereocenters. The average molecular weight is 2080 g/mol. The van der Waals surface area contributed by atoms with Crippen molar-refractivity contribution in [1.82, 2.24) is 0 Å². The van der Waals surface area contributed by atoms with Crippen molar-refractivity contribution in [2.45, 2.75) is 208 Å². The van der Waals surface area contributed by atoms with E-state index in [1.165, 1.54) is 41.5 Å². The van der Waals surface area contributed by atoms with E-state index in [-0.39, 0.29) is 70.5 Å². The van der Waals surface area contributed by atoms with E-state index in [0.29, 0.717) is 154 Å². The zero-order valence-electron chi connectivity index (χ0n) is 84.8. The van der Waals surface area contributed by atoms with E-state index in [1.807, 2.05) is 77.9 Å². The van der Waals surface area contributed by atoms with Crippen molar-refractivity contribution in [2.75, 3.05) is 150 Å². The van der Waals surface area contributed by atoms with E-state index >= 15 is 0 Å². The first kappa shape index (κ1) is 128. The number of rotatable bonds is 51. The Morgan fingerprint density at radius 1 is 0.261 bits per heavy atom. The van der Waals surface area contributed by atoms with Gasteiger partial charge in [-0.2, -0.15) is 0 Å². The number of ketones is 3. The second-order valence-electron chi connectivity index (χ2n) is 34.6. The number of hydrogen-bond acceptors (Lipinski definition) is 31. The van der Waals surface area contributed by atoms with Gasteiger partial charge in [0.25, 0.3) is 0 Å². The maximum atomic E-state index is 12.3. The Balaban J connectivity index is 0.000000828. The average Bonchev–Trinajstić information content (AvgIpc) is 0.868. The van der Waals surface area contributed by atoms with Gasteiger partial charge in [-0.1, -0.05) is 85.3 Å². The molecule has 0 aromatic heterocycles. The minimum absolute atomic E-state index is 0.0197. The van der Waals surface area contributed by atoms with E-state index in [1.54, 1.807) is 153 Å². The van der Waals surface area contributed by atoms with Crippen LogP contribution in [-0.2, 0) is 97.5 Å². The largest absolute Gasteiger partial charge is 0.462 e. The SMILES string of the molecule is CC(=O)Nc1cc(C)ccc1C(=O)CCCCCOP(C)(C)=O.CC(=O)Nc1cc(C)ccc1C(=O)OCCCCOP(C)(C)=O.CC(=O)Oc1cc(C)ccc1C(=O)CCCCCOP(C)(C)=O.CC(=O)Oc1cc(C)ccc1C(=O)OCCCCOP(C)(C)=O.CC(=O)Sc1cc(C)ccc1C(=O)CCCCCOP(C)(C)=O.CC(=O)Sc1cc(C)ccc1C(=O)OCCCCOP(C)(C)=O. The fraction of sp³-hybridized carbons (Fsp3) is 0.515. The molecule has 0 saturated heterocycles. The highest BCUT2D eigenvalue weighted by Crippen LogP contribution is 2.42. The van der Waals surface area contributed by atoms with E-state index in [9.17, 15) is 84.9 Å². The summed E-state index contributed by atoms with van der Waals surface area (Å²) in [7, 11) is -14.6. The summed E-state index contributed by atoms with van der Waals surface area (Å²) >= 11 is 2.13. The van der Waals surface area contributed by atoms with Crippen LogP contribution in [0, 0.1) is 41.5 Å². The van der Waals surface area contributed by atoms with Gasteiger partial charge in [-0.05, 0) is 219 Å². The van der Waals surface area contributed by atoms with Crippen LogP contribution in [0.15, 0.2) is 119 Å². The van der Waals surface area contributed by atoms with Gasteiger partial charge in [-0.15, -0.1) is 0 Å². The lowest BCUT2D eigenvalue weighted by Gasteiger charge is -2.11. The van der Waals surface area contributed by atoms with E-state index < -0.39 is 74.1 Å². The van der Waals surface area contributed by atoms with Crippen LogP contribution in [0.25, 0.3) is 0 Å². The lowest BCUT2D eigenvalue weighted by molar-refractivity contribution is -0.132. The molecule has 2 amide bonds. The van der Waals surface area contributed by atoms with Gasteiger partial charge in [0.1, 0.15) is 17.1 Å². The molecule has 6 rings (SSSR count). The molecular weight excluding hydrogens is 1930 g/mol. The zero-order valence-corrected chi connectivity index (χ0v) is 91.8. The zero-order chi connectivity index (χ0) is 105.